The van der Waals surface area contributed by atoms with Crippen molar-refractivity contribution in [2.45, 2.75) is 33.6 Å². The number of aromatic nitrogens is 2. The lowest BCUT2D eigenvalue weighted by Gasteiger charge is -2.18. The Balaban J connectivity index is 1.73. The van der Waals surface area contributed by atoms with Gasteiger partial charge in [0.15, 0.2) is 0 Å². The fourth-order valence-corrected chi connectivity index (χ4v) is 3.07. The van der Waals surface area contributed by atoms with Gasteiger partial charge in [-0.1, -0.05) is 17.7 Å². The first kappa shape index (κ1) is 17.5. The van der Waals surface area contributed by atoms with Crippen LogP contribution in [0.3, 0.4) is 0 Å². The zero-order valence-electron chi connectivity index (χ0n) is 14.7. The number of anilines is 3. The quantitative estimate of drug-likeness (QED) is 0.857. The molecule has 0 radical (unpaired) electrons. The maximum absolute atomic E-state index is 12.3. The summed E-state index contributed by atoms with van der Waals surface area (Å²) in [7, 11) is 0. The molecule has 2 N–H and O–H groups in total. The molecule has 2 aromatic rings. The molecule has 0 bridgehead atoms. The zero-order valence-corrected chi connectivity index (χ0v) is 15.4. The molecule has 3 rings (SSSR count). The van der Waals surface area contributed by atoms with Gasteiger partial charge in [0, 0.05) is 23.8 Å². The van der Waals surface area contributed by atoms with E-state index >= 15 is 0 Å². The minimum atomic E-state index is -0.344. The summed E-state index contributed by atoms with van der Waals surface area (Å²) in [5.41, 5.74) is 3.75. The fraction of sp³-hybridized carbons (Fsp3) is 0.389. The van der Waals surface area contributed by atoms with E-state index in [1.54, 1.807) is 6.07 Å². The van der Waals surface area contributed by atoms with Crippen LogP contribution in [0.5, 0.6) is 0 Å². The maximum Gasteiger partial charge on any atom is 0.323 e. The number of aryl methyl sites for hydroxylation is 3. The van der Waals surface area contributed by atoms with Crippen molar-refractivity contribution in [2.75, 3.05) is 28.6 Å². The maximum atomic E-state index is 12.3. The summed E-state index contributed by atoms with van der Waals surface area (Å²) in [5, 5.41) is 6.24. The van der Waals surface area contributed by atoms with Gasteiger partial charge in [0.05, 0.1) is 17.1 Å². The third-order valence-electron chi connectivity index (χ3n) is 4.32. The van der Waals surface area contributed by atoms with Gasteiger partial charge in [-0.15, -0.1) is 0 Å². The van der Waals surface area contributed by atoms with Crippen molar-refractivity contribution < 1.29 is 4.79 Å². The summed E-state index contributed by atoms with van der Waals surface area (Å²) in [6, 6.07) is 5.06. The number of rotatable bonds is 3. The summed E-state index contributed by atoms with van der Waals surface area (Å²) in [5.74, 6) is 0.740. The molecule has 1 fully saturated rings. The standard InChI is InChI=1S/C18H22ClN5O/c1-11-6-7-14(10-15(11)19)22-18(25)23-16-12(2)20-17(21-13(16)3)24-8-4-5-9-24/h6-7,10H,4-5,8-9H2,1-3H3,(H2,22,23,25). The predicted octanol–water partition coefficient (Wildman–Crippen LogP) is 4.30. The van der Waals surface area contributed by atoms with E-state index in [0.717, 1.165) is 36.0 Å². The lowest BCUT2D eigenvalue weighted by Crippen LogP contribution is -2.24. The van der Waals surface area contributed by atoms with Crippen LogP contribution < -0.4 is 15.5 Å². The molecular formula is C18H22ClN5O. The highest BCUT2D eigenvalue weighted by molar-refractivity contribution is 6.31. The molecule has 6 nitrogen and oxygen atoms in total. The number of halogens is 1. The number of carbonyl (C=O) groups excluding carboxylic acids is 1. The number of hydrogen-bond acceptors (Lipinski definition) is 4. The first-order valence-electron chi connectivity index (χ1n) is 8.38. The fourth-order valence-electron chi connectivity index (χ4n) is 2.88. The molecule has 1 aromatic carbocycles. The van der Waals surface area contributed by atoms with Gasteiger partial charge in [0.1, 0.15) is 0 Å². The van der Waals surface area contributed by atoms with Gasteiger partial charge in [0.2, 0.25) is 5.95 Å². The first-order valence-corrected chi connectivity index (χ1v) is 8.76. The number of carbonyl (C=O) groups is 1. The SMILES string of the molecule is Cc1ccc(NC(=O)Nc2c(C)nc(N3CCCC3)nc2C)cc1Cl. The second-order valence-corrected chi connectivity index (χ2v) is 6.71. The normalized spacial score (nSPS) is 13.8. The molecule has 132 valence electrons. The van der Waals surface area contributed by atoms with Gasteiger partial charge in [-0.05, 0) is 51.3 Å². The highest BCUT2D eigenvalue weighted by Gasteiger charge is 2.18. The topological polar surface area (TPSA) is 70.2 Å². The summed E-state index contributed by atoms with van der Waals surface area (Å²) >= 11 is 6.09. The lowest BCUT2D eigenvalue weighted by atomic mass is 10.2. The second kappa shape index (κ2) is 7.27. The van der Waals surface area contributed by atoms with E-state index < -0.39 is 0 Å². The molecule has 1 saturated heterocycles. The molecule has 0 aliphatic carbocycles. The lowest BCUT2D eigenvalue weighted by molar-refractivity contribution is 0.262. The Bertz CT molecular complexity index is 779. The molecule has 2 amide bonds. The number of benzene rings is 1. The number of amides is 2. The van der Waals surface area contributed by atoms with Crippen LogP contribution in [0, 0.1) is 20.8 Å². The third-order valence-corrected chi connectivity index (χ3v) is 4.72. The molecule has 7 heteroatoms. The Kier molecular flexibility index (Phi) is 5.08. The minimum absolute atomic E-state index is 0.344. The minimum Gasteiger partial charge on any atom is -0.341 e. The third kappa shape index (κ3) is 4.02. The summed E-state index contributed by atoms with van der Waals surface area (Å²) < 4.78 is 0. The number of urea groups is 1. The van der Waals surface area contributed by atoms with E-state index in [4.69, 9.17) is 11.6 Å². The van der Waals surface area contributed by atoms with Gasteiger partial charge < -0.3 is 15.5 Å². The predicted molar refractivity (Wildman–Crippen MR) is 102 cm³/mol. The Morgan fingerprint density at radius 1 is 1.08 bits per heavy atom. The van der Waals surface area contributed by atoms with Gasteiger partial charge in [0.25, 0.3) is 0 Å². The van der Waals surface area contributed by atoms with Crippen LogP contribution in [0.2, 0.25) is 5.02 Å². The van der Waals surface area contributed by atoms with E-state index in [-0.39, 0.29) is 6.03 Å². The molecule has 1 aliphatic rings. The number of hydrogen-bond donors (Lipinski definition) is 2. The zero-order chi connectivity index (χ0) is 18.0. The van der Waals surface area contributed by atoms with Crippen LogP contribution in [0.25, 0.3) is 0 Å². The van der Waals surface area contributed by atoms with Crippen molar-refractivity contribution in [3.05, 3.63) is 40.2 Å². The monoisotopic (exact) mass is 359 g/mol. The smallest absolute Gasteiger partial charge is 0.323 e. The van der Waals surface area contributed by atoms with Gasteiger partial charge >= 0.3 is 6.03 Å². The Morgan fingerprint density at radius 2 is 1.72 bits per heavy atom. The van der Waals surface area contributed by atoms with Crippen LogP contribution in [0.4, 0.5) is 22.1 Å². The molecular weight excluding hydrogens is 338 g/mol. The average Bonchev–Trinajstić information content (AvgIpc) is 3.09. The molecule has 1 aromatic heterocycles. The van der Waals surface area contributed by atoms with E-state index in [1.807, 2.05) is 32.9 Å². The van der Waals surface area contributed by atoms with Crippen LogP contribution >= 0.6 is 11.6 Å². The number of nitrogens with one attached hydrogen (secondary N) is 2. The Labute approximate surface area is 152 Å². The van der Waals surface area contributed by atoms with Crippen LogP contribution in [0.15, 0.2) is 18.2 Å². The van der Waals surface area contributed by atoms with Crippen molar-refractivity contribution >= 4 is 35.0 Å². The molecule has 0 saturated carbocycles. The molecule has 2 heterocycles. The molecule has 25 heavy (non-hydrogen) atoms. The van der Waals surface area contributed by atoms with Crippen molar-refractivity contribution in [2.24, 2.45) is 0 Å². The van der Waals surface area contributed by atoms with E-state index in [2.05, 4.69) is 25.5 Å². The van der Waals surface area contributed by atoms with Gasteiger partial charge in [-0.25, -0.2) is 14.8 Å². The summed E-state index contributed by atoms with van der Waals surface area (Å²) in [6.07, 6.45) is 2.34. The van der Waals surface area contributed by atoms with E-state index in [1.165, 1.54) is 12.8 Å². The van der Waals surface area contributed by atoms with Crippen LogP contribution in [0.1, 0.15) is 29.8 Å². The number of nitrogens with zero attached hydrogens (tertiary/aromatic N) is 3. The van der Waals surface area contributed by atoms with Gasteiger partial charge in [-0.3, -0.25) is 0 Å². The molecule has 0 unspecified atom stereocenters. The Hall–Kier alpha value is -2.34. The van der Waals surface area contributed by atoms with Gasteiger partial charge in [-0.2, -0.15) is 0 Å². The Morgan fingerprint density at radius 3 is 2.32 bits per heavy atom. The van der Waals surface area contributed by atoms with Crippen molar-refractivity contribution in [3.63, 3.8) is 0 Å². The molecule has 0 spiro atoms. The van der Waals surface area contributed by atoms with Crippen molar-refractivity contribution in [3.8, 4) is 0 Å². The highest BCUT2D eigenvalue weighted by atomic mass is 35.5. The molecule has 0 atom stereocenters. The first-order chi connectivity index (χ1) is 11.9. The highest BCUT2D eigenvalue weighted by Crippen LogP contribution is 2.24. The van der Waals surface area contributed by atoms with Crippen molar-refractivity contribution in [1.29, 1.82) is 0 Å². The van der Waals surface area contributed by atoms with Crippen LogP contribution in [-0.2, 0) is 0 Å². The van der Waals surface area contributed by atoms with E-state index in [0.29, 0.717) is 16.4 Å². The van der Waals surface area contributed by atoms with E-state index in [9.17, 15) is 4.79 Å². The average molecular weight is 360 g/mol. The largest absolute Gasteiger partial charge is 0.341 e. The summed E-state index contributed by atoms with van der Waals surface area (Å²) in [4.78, 5) is 23.6. The second-order valence-electron chi connectivity index (χ2n) is 6.31. The van der Waals surface area contributed by atoms with Crippen molar-refractivity contribution in [1.82, 2.24) is 9.97 Å². The van der Waals surface area contributed by atoms with Crippen LogP contribution in [-0.4, -0.2) is 29.1 Å². The summed E-state index contributed by atoms with van der Waals surface area (Å²) in [6.45, 7) is 7.65. The molecule has 1 aliphatic heterocycles.